The molecule has 0 bridgehead atoms. The zero-order chi connectivity index (χ0) is 9.73. The van der Waals surface area contributed by atoms with Crippen LogP contribution in [0.2, 0.25) is 0 Å². The second-order valence-electron chi connectivity index (χ2n) is 4.19. The third-order valence-electron chi connectivity index (χ3n) is 2.65. The molecule has 13 heavy (non-hydrogen) atoms. The SMILES string of the molecule is CC(C#N)CNC1(C)CC=CCC1. The second-order valence-corrected chi connectivity index (χ2v) is 4.19. The minimum Gasteiger partial charge on any atom is -0.310 e. The summed E-state index contributed by atoms with van der Waals surface area (Å²) >= 11 is 0. The van der Waals surface area contributed by atoms with Gasteiger partial charge in [0.15, 0.2) is 0 Å². The van der Waals surface area contributed by atoms with E-state index in [1.807, 2.05) is 6.92 Å². The molecule has 0 saturated heterocycles. The minimum atomic E-state index is 0.114. The van der Waals surface area contributed by atoms with Crippen LogP contribution in [-0.2, 0) is 0 Å². The van der Waals surface area contributed by atoms with Crippen LogP contribution in [0.3, 0.4) is 0 Å². The van der Waals surface area contributed by atoms with E-state index in [2.05, 4.69) is 30.5 Å². The Hall–Kier alpha value is -0.810. The summed E-state index contributed by atoms with van der Waals surface area (Å²) in [6, 6.07) is 2.24. The zero-order valence-corrected chi connectivity index (χ0v) is 8.51. The van der Waals surface area contributed by atoms with E-state index in [1.165, 1.54) is 6.42 Å². The van der Waals surface area contributed by atoms with Crippen molar-refractivity contribution in [2.45, 2.75) is 38.6 Å². The van der Waals surface area contributed by atoms with Crippen molar-refractivity contribution in [3.8, 4) is 6.07 Å². The Balaban J connectivity index is 2.35. The first kappa shape index (κ1) is 10.3. The lowest BCUT2D eigenvalue weighted by Gasteiger charge is -2.32. The van der Waals surface area contributed by atoms with Gasteiger partial charge in [0.05, 0.1) is 12.0 Å². The van der Waals surface area contributed by atoms with Crippen LogP contribution < -0.4 is 5.32 Å². The smallest absolute Gasteiger partial charge is 0.0666 e. The maximum Gasteiger partial charge on any atom is 0.0666 e. The van der Waals surface area contributed by atoms with Crippen LogP contribution in [0.5, 0.6) is 0 Å². The van der Waals surface area contributed by atoms with E-state index in [-0.39, 0.29) is 11.5 Å². The quantitative estimate of drug-likeness (QED) is 0.673. The van der Waals surface area contributed by atoms with Crippen molar-refractivity contribution in [2.24, 2.45) is 5.92 Å². The van der Waals surface area contributed by atoms with Gasteiger partial charge in [-0.15, -0.1) is 0 Å². The molecule has 72 valence electrons. The number of rotatable bonds is 3. The number of hydrogen-bond donors (Lipinski definition) is 1. The van der Waals surface area contributed by atoms with E-state index < -0.39 is 0 Å². The first-order valence-corrected chi connectivity index (χ1v) is 4.96. The predicted molar refractivity (Wildman–Crippen MR) is 54.2 cm³/mol. The average Bonchev–Trinajstić information content (AvgIpc) is 2.15. The van der Waals surface area contributed by atoms with E-state index in [0.29, 0.717) is 0 Å². The number of nitrogens with one attached hydrogen (secondary N) is 1. The summed E-state index contributed by atoms with van der Waals surface area (Å²) in [7, 11) is 0. The van der Waals surface area contributed by atoms with Gasteiger partial charge in [-0.25, -0.2) is 0 Å². The van der Waals surface area contributed by atoms with Crippen molar-refractivity contribution < 1.29 is 0 Å². The fourth-order valence-electron chi connectivity index (χ4n) is 1.57. The molecular formula is C11H18N2. The molecule has 0 amide bonds. The molecule has 2 atom stereocenters. The fraction of sp³-hybridized carbons (Fsp3) is 0.727. The largest absolute Gasteiger partial charge is 0.310 e. The summed E-state index contributed by atoms with van der Waals surface area (Å²) in [4.78, 5) is 0. The molecule has 2 nitrogen and oxygen atoms in total. The van der Waals surface area contributed by atoms with Gasteiger partial charge >= 0.3 is 0 Å². The van der Waals surface area contributed by atoms with Crippen molar-refractivity contribution in [1.82, 2.24) is 5.32 Å². The van der Waals surface area contributed by atoms with Gasteiger partial charge in [-0.3, -0.25) is 0 Å². The summed E-state index contributed by atoms with van der Waals surface area (Å²) in [6.45, 7) is 5.00. The molecule has 1 aliphatic rings. The van der Waals surface area contributed by atoms with E-state index in [9.17, 15) is 0 Å². The van der Waals surface area contributed by atoms with Crippen LogP contribution in [0.1, 0.15) is 33.1 Å². The summed E-state index contributed by atoms with van der Waals surface area (Å²) in [5.74, 6) is 0.114. The molecule has 0 heterocycles. The van der Waals surface area contributed by atoms with Gasteiger partial charge < -0.3 is 5.32 Å². The Bertz CT molecular complexity index is 227. The number of hydrogen-bond acceptors (Lipinski definition) is 2. The van der Waals surface area contributed by atoms with Gasteiger partial charge in [-0.1, -0.05) is 12.2 Å². The van der Waals surface area contributed by atoms with Crippen LogP contribution in [-0.4, -0.2) is 12.1 Å². The first-order chi connectivity index (χ1) is 6.16. The van der Waals surface area contributed by atoms with Crippen LogP contribution in [0.25, 0.3) is 0 Å². The van der Waals surface area contributed by atoms with E-state index in [1.54, 1.807) is 0 Å². The van der Waals surface area contributed by atoms with E-state index in [4.69, 9.17) is 5.26 Å². The molecule has 0 aromatic heterocycles. The Morgan fingerprint density at radius 1 is 1.62 bits per heavy atom. The molecule has 0 radical (unpaired) electrons. The summed E-state index contributed by atoms with van der Waals surface area (Å²) < 4.78 is 0. The molecule has 0 spiro atoms. The molecule has 2 heteroatoms. The van der Waals surface area contributed by atoms with Crippen molar-refractivity contribution >= 4 is 0 Å². The van der Waals surface area contributed by atoms with Gasteiger partial charge in [-0.05, 0) is 33.1 Å². The van der Waals surface area contributed by atoms with Crippen LogP contribution >= 0.6 is 0 Å². The van der Waals surface area contributed by atoms with Gasteiger partial charge in [-0.2, -0.15) is 5.26 Å². The lowest BCUT2D eigenvalue weighted by atomic mass is 9.87. The summed E-state index contributed by atoms with van der Waals surface area (Å²) in [5, 5.41) is 12.1. The predicted octanol–water partition coefficient (Wildman–Crippen LogP) is 2.23. The van der Waals surface area contributed by atoms with Gasteiger partial charge in [0.25, 0.3) is 0 Å². The fourth-order valence-corrected chi connectivity index (χ4v) is 1.57. The molecule has 0 saturated carbocycles. The molecule has 1 aliphatic carbocycles. The topological polar surface area (TPSA) is 35.8 Å². The van der Waals surface area contributed by atoms with Gasteiger partial charge in [0.2, 0.25) is 0 Å². The standard InChI is InChI=1S/C11H18N2/c1-10(8-12)9-13-11(2)6-4-3-5-7-11/h3-4,10,13H,5-7,9H2,1-2H3. The highest BCUT2D eigenvalue weighted by molar-refractivity contribution is 5.01. The molecule has 0 aromatic carbocycles. The lowest BCUT2D eigenvalue weighted by Crippen LogP contribution is -2.44. The molecule has 0 aromatic rings. The highest BCUT2D eigenvalue weighted by atomic mass is 15.0. The molecule has 0 aliphatic heterocycles. The van der Waals surface area contributed by atoms with Gasteiger partial charge in [0, 0.05) is 12.1 Å². The Morgan fingerprint density at radius 3 is 2.92 bits per heavy atom. The zero-order valence-electron chi connectivity index (χ0n) is 8.51. The molecule has 2 unspecified atom stereocenters. The summed E-state index contributed by atoms with van der Waals surface area (Å²) in [6.07, 6.45) is 7.89. The van der Waals surface area contributed by atoms with Crippen molar-refractivity contribution in [2.75, 3.05) is 6.54 Å². The van der Waals surface area contributed by atoms with Crippen molar-refractivity contribution in [1.29, 1.82) is 5.26 Å². The average molecular weight is 178 g/mol. The maximum atomic E-state index is 8.64. The van der Waals surface area contributed by atoms with E-state index >= 15 is 0 Å². The Labute approximate surface area is 80.6 Å². The van der Waals surface area contributed by atoms with E-state index in [0.717, 1.165) is 19.4 Å². The number of nitriles is 1. The van der Waals surface area contributed by atoms with Crippen LogP contribution in [0, 0.1) is 17.2 Å². The Morgan fingerprint density at radius 2 is 2.38 bits per heavy atom. The van der Waals surface area contributed by atoms with Gasteiger partial charge in [0.1, 0.15) is 0 Å². The van der Waals surface area contributed by atoms with Crippen molar-refractivity contribution in [3.63, 3.8) is 0 Å². The Kier molecular flexibility index (Phi) is 3.50. The first-order valence-electron chi connectivity index (χ1n) is 4.96. The maximum absolute atomic E-state index is 8.64. The minimum absolute atomic E-state index is 0.114. The normalized spacial score (nSPS) is 29.6. The highest BCUT2D eigenvalue weighted by Crippen LogP contribution is 2.22. The van der Waals surface area contributed by atoms with Crippen LogP contribution in [0.4, 0.5) is 0 Å². The molecular weight excluding hydrogens is 160 g/mol. The third kappa shape index (κ3) is 3.20. The highest BCUT2D eigenvalue weighted by Gasteiger charge is 2.23. The van der Waals surface area contributed by atoms with Crippen LogP contribution in [0.15, 0.2) is 12.2 Å². The number of allylic oxidation sites excluding steroid dienone is 1. The molecule has 1 rings (SSSR count). The summed E-state index contributed by atoms with van der Waals surface area (Å²) in [5.41, 5.74) is 0.222. The molecule has 1 N–H and O–H groups in total. The third-order valence-corrected chi connectivity index (χ3v) is 2.65. The monoisotopic (exact) mass is 178 g/mol. The lowest BCUT2D eigenvalue weighted by molar-refractivity contribution is 0.317. The molecule has 0 fully saturated rings. The van der Waals surface area contributed by atoms with Crippen molar-refractivity contribution in [3.05, 3.63) is 12.2 Å². The number of nitrogens with zero attached hydrogens (tertiary/aromatic N) is 1. The second kappa shape index (κ2) is 4.43.